The molecule has 0 saturated carbocycles. The molecule has 0 amide bonds. The molecule has 2 nitrogen and oxygen atoms in total. The molecule has 0 fully saturated rings. The van der Waals surface area contributed by atoms with Gasteiger partial charge in [-0.25, -0.2) is 0 Å². The lowest BCUT2D eigenvalue weighted by molar-refractivity contribution is 0.0641. The lowest BCUT2D eigenvalue weighted by Gasteiger charge is -2.24. The van der Waals surface area contributed by atoms with E-state index >= 15 is 0 Å². The van der Waals surface area contributed by atoms with Crippen LogP contribution in [0.25, 0.3) is 0 Å². The molecule has 0 heterocycles. The van der Waals surface area contributed by atoms with Crippen LogP contribution < -0.4 is 5.32 Å². The largest absolute Gasteiger partial charge is 0.380 e. The van der Waals surface area contributed by atoms with E-state index in [1.54, 1.807) is 0 Å². The summed E-state index contributed by atoms with van der Waals surface area (Å²) in [7, 11) is 3.88. The molecule has 0 aliphatic rings. The van der Waals surface area contributed by atoms with Crippen molar-refractivity contribution in [2.45, 2.75) is 90.2 Å². The first-order valence-electron chi connectivity index (χ1n) is 8.00. The third kappa shape index (κ3) is 8.93. The van der Waals surface area contributed by atoms with E-state index in [9.17, 15) is 0 Å². The second-order valence-corrected chi connectivity index (χ2v) is 5.34. The maximum atomic E-state index is 5.51. The van der Waals surface area contributed by atoms with E-state index in [4.69, 9.17) is 4.74 Å². The van der Waals surface area contributed by atoms with Crippen LogP contribution in [0.15, 0.2) is 0 Å². The summed E-state index contributed by atoms with van der Waals surface area (Å²) in [6.45, 7) is 4.48. The normalized spacial score (nSPS) is 14.7. The standard InChI is InChI=1S/C16H35NO/c1-5-7-8-9-10-11-12-13-14-15(17-3)16(6-2)18-4/h15-17H,5-14H2,1-4H3. The van der Waals surface area contributed by atoms with Crippen LogP contribution in [0.5, 0.6) is 0 Å². The number of rotatable bonds is 13. The van der Waals surface area contributed by atoms with Crippen molar-refractivity contribution in [2.24, 2.45) is 0 Å². The number of nitrogens with one attached hydrogen (secondary N) is 1. The van der Waals surface area contributed by atoms with Crippen LogP contribution in [0, 0.1) is 0 Å². The first-order chi connectivity index (χ1) is 8.79. The molecule has 18 heavy (non-hydrogen) atoms. The van der Waals surface area contributed by atoms with Crippen LogP contribution in [0.4, 0.5) is 0 Å². The first-order valence-corrected chi connectivity index (χ1v) is 8.00. The van der Waals surface area contributed by atoms with Gasteiger partial charge in [0.1, 0.15) is 0 Å². The summed E-state index contributed by atoms with van der Waals surface area (Å²) in [5.74, 6) is 0. The van der Waals surface area contributed by atoms with E-state index in [0.717, 1.165) is 6.42 Å². The Morgan fingerprint density at radius 2 is 1.44 bits per heavy atom. The van der Waals surface area contributed by atoms with Crippen molar-refractivity contribution in [3.05, 3.63) is 0 Å². The van der Waals surface area contributed by atoms with Crippen LogP contribution in [0.2, 0.25) is 0 Å². The Morgan fingerprint density at radius 1 is 0.889 bits per heavy atom. The lowest BCUT2D eigenvalue weighted by atomic mass is 10.00. The van der Waals surface area contributed by atoms with Crippen LogP contribution >= 0.6 is 0 Å². The summed E-state index contributed by atoms with van der Waals surface area (Å²) in [6.07, 6.45) is 13.9. The highest BCUT2D eigenvalue weighted by atomic mass is 16.5. The molecule has 0 bridgehead atoms. The fourth-order valence-corrected chi connectivity index (χ4v) is 2.63. The molecule has 0 rings (SSSR count). The van der Waals surface area contributed by atoms with E-state index in [1.165, 1.54) is 57.8 Å². The summed E-state index contributed by atoms with van der Waals surface area (Å²) in [5.41, 5.74) is 0. The third-order valence-electron chi connectivity index (χ3n) is 3.89. The molecule has 110 valence electrons. The Kier molecular flexibility index (Phi) is 13.3. The summed E-state index contributed by atoms with van der Waals surface area (Å²) >= 11 is 0. The average Bonchev–Trinajstić information content (AvgIpc) is 2.40. The predicted octanol–water partition coefficient (Wildman–Crippen LogP) is 4.53. The van der Waals surface area contributed by atoms with Crippen molar-refractivity contribution in [2.75, 3.05) is 14.2 Å². The molecule has 2 atom stereocenters. The van der Waals surface area contributed by atoms with E-state index in [2.05, 4.69) is 26.2 Å². The minimum absolute atomic E-state index is 0.375. The second kappa shape index (κ2) is 13.4. The second-order valence-electron chi connectivity index (χ2n) is 5.34. The Bertz CT molecular complexity index is 157. The van der Waals surface area contributed by atoms with Gasteiger partial charge in [-0.15, -0.1) is 0 Å². The quantitative estimate of drug-likeness (QED) is 0.489. The summed E-state index contributed by atoms with van der Waals surface area (Å²) < 4.78 is 5.51. The van der Waals surface area contributed by atoms with E-state index < -0.39 is 0 Å². The van der Waals surface area contributed by atoms with E-state index in [1.807, 2.05) is 7.11 Å². The van der Waals surface area contributed by atoms with E-state index in [-0.39, 0.29) is 0 Å². The Hall–Kier alpha value is -0.0800. The smallest absolute Gasteiger partial charge is 0.0721 e. The molecule has 0 aliphatic heterocycles. The molecule has 0 aromatic carbocycles. The highest BCUT2D eigenvalue weighted by Crippen LogP contribution is 2.14. The number of unbranched alkanes of at least 4 members (excludes halogenated alkanes) is 7. The molecule has 0 spiro atoms. The lowest BCUT2D eigenvalue weighted by Crippen LogP contribution is -2.38. The number of methoxy groups -OCH3 is 1. The van der Waals surface area contributed by atoms with Crippen molar-refractivity contribution in [3.63, 3.8) is 0 Å². The first kappa shape index (κ1) is 17.9. The highest BCUT2D eigenvalue weighted by molar-refractivity contribution is 4.74. The molecule has 2 unspecified atom stereocenters. The zero-order valence-corrected chi connectivity index (χ0v) is 13.1. The summed E-state index contributed by atoms with van der Waals surface area (Å²) in [6, 6.07) is 0.528. The minimum atomic E-state index is 0.375. The number of hydrogen-bond acceptors (Lipinski definition) is 2. The highest BCUT2D eigenvalue weighted by Gasteiger charge is 2.16. The fourth-order valence-electron chi connectivity index (χ4n) is 2.63. The van der Waals surface area contributed by atoms with Crippen LogP contribution in [-0.4, -0.2) is 26.3 Å². The predicted molar refractivity (Wildman–Crippen MR) is 81.2 cm³/mol. The zero-order chi connectivity index (χ0) is 13.6. The maximum absolute atomic E-state index is 5.51. The fraction of sp³-hybridized carbons (Fsp3) is 1.00. The Labute approximate surface area is 115 Å². The maximum Gasteiger partial charge on any atom is 0.0721 e. The molecule has 0 saturated heterocycles. The third-order valence-corrected chi connectivity index (χ3v) is 3.89. The zero-order valence-electron chi connectivity index (χ0n) is 13.1. The van der Waals surface area contributed by atoms with Crippen molar-refractivity contribution in [3.8, 4) is 0 Å². The molecule has 2 heteroatoms. The van der Waals surface area contributed by atoms with Crippen LogP contribution in [0.3, 0.4) is 0 Å². The van der Waals surface area contributed by atoms with Crippen molar-refractivity contribution in [1.82, 2.24) is 5.32 Å². The van der Waals surface area contributed by atoms with Gasteiger partial charge in [0.05, 0.1) is 6.10 Å². The Morgan fingerprint density at radius 3 is 1.89 bits per heavy atom. The minimum Gasteiger partial charge on any atom is -0.380 e. The van der Waals surface area contributed by atoms with Gasteiger partial charge >= 0.3 is 0 Å². The average molecular weight is 257 g/mol. The molecule has 0 aromatic rings. The topological polar surface area (TPSA) is 21.3 Å². The monoisotopic (exact) mass is 257 g/mol. The van der Waals surface area contributed by atoms with Crippen molar-refractivity contribution in [1.29, 1.82) is 0 Å². The molecular formula is C16H35NO. The molecule has 0 aliphatic carbocycles. The van der Waals surface area contributed by atoms with Gasteiger partial charge in [-0.3, -0.25) is 0 Å². The van der Waals surface area contributed by atoms with Gasteiger partial charge in [-0.05, 0) is 19.9 Å². The van der Waals surface area contributed by atoms with Gasteiger partial charge in [-0.1, -0.05) is 65.2 Å². The van der Waals surface area contributed by atoms with Gasteiger partial charge in [0.15, 0.2) is 0 Å². The SMILES string of the molecule is CCCCCCCCCCC(NC)C(CC)OC. The van der Waals surface area contributed by atoms with Gasteiger partial charge in [0, 0.05) is 13.2 Å². The van der Waals surface area contributed by atoms with Crippen LogP contribution in [0.1, 0.15) is 78.1 Å². The van der Waals surface area contributed by atoms with Gasteiger partial charge in [-0.2, -0.15) is 0 Å². The van der Waals surface area contributed by atoms with Gasteiger partial charge in [0.25, 0.3) is 0 Å². The Balaban J connectivity index is 3.45. The molecule has 1 N–H and O–H groups in total. The number of likely N-dealkylation sites (N-methyl/N-ethyl adjacent to an activating group) is 1. The van der Waals surface area contributed by atoms with E-state index in [0.29, 0.717) is 12.1 Å². The van der Waals surface area contributed by atoms with Crippen LogP contribution in [-0.2, 0) is 4.74 Å². The molecule has 0 aromatic heterocycles. The van der Waals surface area contributed by atoms with Gasteiger partial charge in [0.2, 0.25) is 0 Å². The molecular weight excluding hydrogens is 222 g/mol. The van der Waals surface area contributed by atoms with Gasteiger partial charge < -0.3 is 10.1 Å². The van der Waals surface area contributed by atoms with Crippen molar-refractivity contribution < 1.29 is 4.74 Å². The molecule has 0 radical (unpaired) electrons. The summed E-state index contributed by atoms with van der Waals surface area (Å²) in [5, 5.41) is 3.40. The van der Waals surface area contributed by atoms with Crippen molar-refractivity contribution >= 4 is 0 Å². The number of hydrogen-bond donors (Lipinski definition) is 1. The summed E-state index contributed by atoms with van der Waals surface area (Å²) in [4.78, 5) is 0. The number of ether oxygens (including phenoxy) is 1.